The van der Waals surface area contributed by atoms with Gasteiger partial charge in [0.25, 0.3) is 5.91 Å². The number of carbonyl (C=O) groups excluding carboxylic acids is 1. The zero-order valence-corrected chi connectivity index (χ0v) is 17.2. The summed E-state index contributed by atoms with van der Waals surface area (Å²) in [5, 5.41) is 23.3. The molecule has 31 heavy (non-hydrogen) atoms. The lowest BCUT2D eigenvalue weighted by atomic mass is 10.0. The molecular weight excluding hydrogens is 401 g/mol. The number of ether oxygens (including phenoxy) is 1. The SMILES string of the molecule is O=C(NCC1OC(CO)C(O)C1N1CCN(c2ccc(F)cc2)CC1)c1ccccc1. The van der Waals surface area contributed by atoms with Gasteiger partial charge in [-0.1, -0.05) is 18.2 Å². The van der Waals surface area contributed by atoms with Gasteiger partial charge in [0.05, 0.1) is 18.8 Å². The van der Waals surface area contributed by atoms with E-state index in [-0.39, 0.29) is 30.9 Å². The molecule has 4 rings (SSSR count). The fraction of sp³-hybridized carbons (Fsp3) is 0.435. The highest BCUT2D eigenvalue weighted by atomic mass is 19.1. The van der Waals surface area contributed by atoms with Crippen molar-refractivity contribution < 1.29 is 24.1 Å². The third-order valence-electron chi connectivity index (χ3n) is 6.07. The van der Waals surface area contributed by atoms with Crippen LogP contribution < -0.4 is 10.2 Å². The topological polar surface area (TPSA) is 85.3 Å². The van der Waals surface area contributed by atoms with E-state index in [0.29, 0.717) is 18.7 Å². The fourth-order valence-corrected chi connectivity index (χ4v) is 4.41. The van der Waals surface area contributed by atoms with Crippen LogP contribution in [0.5, 0.6) is 0 Å². The van der Waals surface area contributed by atoms with Gasteiger partial charge in [-0.15, -0.1) is 0 Å². The van der Waals surface area contributed by atoms with Gasteiger partial charge in [0.15, 0.2) is 0 Å². The van der Waals surface area contributed by atoms with Crippen LogP contribution in [0.25, 0.3) is 0 Å². The average Bonchev–Trinajstić information content (AvgIpc) is 3.14. The Morgan fingerprint density at radius 1 is 1.03 bits per heavy atom. The smallest absolute Gasteiger partial charge is 0.251 e. The van der Waals surface area contributed by atoms with E-state index in [9.17, 15) is 19.4 Å². The summed E-state index contributed by atoms with van der Waals surface area (Å²) < 4.78 is 19.1. The van der Waals surface area contributed by atoms with E-state index in [0.717, 1.165) is 18.8 Å². The number of rotatable bonds is 6. The Hall–Kier alpha value is -2.52. The molecule has 2 aliphatic heterocycles. The highest BCUT2D eigenvalue weighted by Gasteiger charge is 2.46. The van der Waals surface area contributed by atoms with Crippen LogP contribution in [0.2, 0.25) is 0 Å². The van der Waals surface area contributed by atoms with E-state index in [1.54, 1.807) is 36.4 Å². The van der Waals surface area contributed by atoms with Crippen molar-refractivity contribution in [2.45, 2.75) is 24.4 Å². The molecule has 2 aromatic rings. The number of anilines is 1. The first-order valence-corrected chi connectivity index (χ1v) is 10.6. The minimum absolute atomic E-state index is 0.203. The number of amides is 1. The summed E-state index contributed by atoms with van der Waals surface area (Å²) in [6, 6.07) is 15.0. The van der Waals surface area contributed by atoms with Crippen molar-refractivity contribution in [3.05, 3.63) is 66.0 Å². The van der Waals surface area contributed by atoms with E-state index in [4.69, 9.17) is 4.74 Å². The van der Waals surface area contributed by atoms with Gasteiger partial charge >= 0.3 is 0 Å². The van der Waals surface area contributed by atoms with Gasteiger partial charge in [-0.25, -0.2) is 4.39 Å². The van der Waals surface area contributed by atoms with Crippen LogP contribution in [0.4, 0.5) is 10.1 Å². The standard InChI is InChI=1S/C23H28FN3O4/c24-17-6-8-18(9-7-17)26-10-12-27(13-11-26)21-19(31-20(15-28)22(21)29)14-25-23(30)16-4-2-1-3-5-16/h1-9,19-22,28-29H,10-15H2,(H,25,30). The summed E-state index contributed by atoms with van der Waals surface area (Å²) in [5.74, 6) is -0.463. The van der Waals surface area contributed by atoms with Crippen LogP contribution >= 0.6 is 0 Å². The molecule has 0 saturated carbocycles. The molecule has 8 heteroatoms. The minimum Gasteiger partial charge on any atom is -0.394 e. The Kier molecular flexibility index (Phi) is 6.82. The quantitative estimate of drug-likeness (QED) is 0.632. The summed E-state index contributed by atoms with van der Waals surface area (Å²) in [5.41, 5.74) is 1.52. The molecule has 4 unspecified atom stereocenters. The van der Waals surface area contributed by atoms with Gasteiger partial charge in [0.1, 0.15) is 18.0 Å². The highest BCUT2D eigenvalue weighted by Crippen LogP contribution is 2.27. The number of aliphatic hydroxyl groups is 2. The molecule has 3 N–H and O–H groups in total. The van der Waals surface area contributed by atoms with E-state index in [2.05, 4.69) is 15.1 Å². The maximum absolute atomic E-state index is 13.2. The first-order chi connectivity index (χ1) is 15.1. The molecule has 166 valence electrons. The summed E-state index contributed by atoms with van der Waals surface area (Å²) in [4.78, 5) is 16.7. The lowest BCUT2D eigenvalue weighted by molar-refractivity contribution is -0.0209. The summed E-state index contributed by atoms with van der Waals surface area (Å²) in [7, 11) is 0. The number of piperazine rings is 1. The molecule has 0 bridgehead atoms. The summed E-state index contributed by atoms with van der Waals surface area (Å²) in [6.45, 7) is 2.78. The number of hydrogen-bond acceptors (Lipinski definition) is 6. The first-order valence-electron chi connectivity index (χ1n) is 10.6. The molecule has 4 atom stereocenters. The molecule has 2 heterocycles. The van der Waals surface area contributed by atoms with Crippen molar-refractivity contribution in [2.75, 3.05) is 44.2 Å². The molecule has 0 radical (unpaired) electrons. The van der Waals surface area contributed by atoms with Gasteiger partial charge in [0, 0.05) is 44.0 Å². The van der Waals surface area contributed by atoms with Crippen molar-refractivity contribution in [1.29, 1.82) is 0 Å². The molecule has 2 aromatic carbocycles. The molecule has 2 aliphatic rings. The monoisotopic (exact) mass is 429 g/mol. The van der Waals surface area contributed by atoms with Gasteiger partial charge in [0.2, 0.25) is 0 Å². The maximum atomic E-state index is 13.2. The second-order valence-corrected chi connectivity index (χ2v) is 7.95. The van der Waals surface area contributed by atoms with Crippen molar-refractivity contribution in [3.8, 4) is 0 Å². The van der Waals surface area contributed by atoms with Gasteiger partial charge < -0.3 is 25.2 Å². The number of nitrogens with one attached hydrogen (secondary N) is 1. The third kappa shape index (κ3) is 4.88. The highest BCUT2D eigenvalue weighted by molar-refractivity contribution is 5.94. The molecule has 1 amide bonds. The van der Waals surface area contributed by atoms with Crippen molar-refractivity contribution in [1.82, 2.24) is 10.2 Å². The zero-order chi connectivity index (χ0) is 21.8. The van der Waals surface area contributed by atoms with Crippen LogP contribution in [0.1, 0.15) is 10.4 Å². The normalized spacial score (nSPS) is 26.7. The van der Waals surface area contributed by atoms with Crippen LogP contribution in [0.15, 0.2) is 54.6 Å². The first kappa shape index (κ1) is 21.7. The lowest BCUT2D eigenvalue weighted by Gasteiger charge is -2.41. The zero-order valence-electron chi connectivity index (χ0n) is 17.2. The predicted octanol–water partition coefficient (Wildman–Crippen LogP) is 0.867. The number of aliphatic hydroxyl groups excluding tert-OH is 2. The van der Waals surface area contributed by atoms with E-state index in [1.807, 2.05) is 6.07 Å². The summed E-state index contributed by atoms with van der Waals surface area (Å²) >= 11 is 0. The largest absolute Gasteiger partial charge is 0.394 e. The number of benzene rings is 2. The molecule has 2 fully saturated rings. The maximum Gasteiger partial charge on any atom is 0.251 e. The number of carbonyl (C=O) groups is 1. The Morgan fingerprint density at radius 3 is 2.35 bits per heavy atom. The van der Waals surface area contributed by atoms with Crippen molar-refractivity contribution in [3.63, 3.8) is 0 Å². The van der Waals surface area contributed by atoms with Gasteiger partial charge in [-0.2, -0.15) is 0 Å². The van der Waals surface area contributed by atoms with Gasteiger partial charge in [-0.05, 0) is 36.4 Å². The van der Waals surface area contributed by atoms with Crippen LogP contribution in [0.3, 0.4) is 0 Å². The second kappa shape index (κ2) is 9.74. The average molecular weight is 429 g/mol. The summed E-state index contributed by atoms with van der Waals surface area (Å²) in [6.07, 6.45) is -1.96. The van der Waals surface area contributed by atoms with Crippen LogP contribution in [-0.4, -0.2) is 84.7 Å². The van der Waals surface area contributed by atoms with Crippen molar-refractivity contribution >= 4 is 11.6 Å². The van der Waals surface area contributed by atoms with E-state index < -0.39 is 18.3 Å². The molecule has 7 nitrogen and oxygen atoms in total. The second-order valence-electron chi connectivity index (χ2n) is 7.95. The Morgan fingerprint density at radius 2 is 1.71 bits per heavy atom. The number of nitrogens with zero attached hydrogens (tertiary/aromatic N) is 2. The van der Waals surface area contributed by atoms with E-state index >= 15 is 0 Å². The number of hydrogen-bond donors (Lipinski definition) is 3. The van der Waals surface area contributed by atoms with Crippen molar-refractivity contribution in [2.24, 2.45) is 0 Å². The Bertz CT molecular complexity index is 859. The minimum atomic E-state index is -0.846. The fourth-order valence-electron chi connectivity index (χ4n) is 4.41. The molecular formula is C23H28FN3O4. The molecule has 2 saturated heterocycles. The lowest BCUT2D eigenvalue weighted by Crippen LogP contribution is -2.57. The predicted molar refractivity (Wildman–Crippen MR) is 115 cm³/mol. The third-order valence-corrected chi connectivity index (χ3v) is 6.07. The molecule has 0 aliphatic carbocycles. The Labute approximate surface area is 181 Å². The van der Waals surface area contributed by atoms with Crippen LogP contribution in [-0.2, 0) is 4.74 Å². The van der Waals surface area contributed by atoms with E-state index in [1.165, 1.54) is 12.1 Å². The van der Waals surface area contributed by atoms with Gasteiger partial charge in [-0.3, -0.25) is 9.69 Å². The Balaban J connectivity index is 1.39. The molecule has 0 aromatic heterocycles. The molecule has 0 spiro atoms. The van der Waals surface area contributed by atoms with Crippen LogP contribution in [0, 0.1) is 5.82 Å². The number of halogens is 1.